The van der Waals surface area contributed by atoms with Gasteiger partial charge in [-0.15, -0.1) is 0 Å². The number of benzene rings is 2. The average Bonchev–Trinajstić information content (AvgIpc) is 3.28. The van der Waals surface area contributed by atoms with Gasteiger partial charge in [0, 0.05) is 76.5 Å². The quantitative estimate of drug-likeness (QED) is 0.552. The molecular weight excluding hydrogens is 487 g/mol. The van der Waals surface area contributed by atoms with E-state index in [4.69, 9.17) is 19.8 Å². The van der Waals surface area contributed by atoms with E-state index in [9.17, 15) is 14.4 Å². The third kappa shape index (κ3) is 5.44. The fourth-order valence-corrected chi connectivity index (χ4v) is 4.81. The van der Waals surface area contributed by atoms with E-state index >= 15 is 4.39 Å². The molecule has 2 unspecified atom stereocenters. The van der Waals surface area contributed by atoms with Crippen LogP contribution in [0.15, 0.2) is 36.4 Å². The van der Waals surface area contributed by atoms with Crippen LogP contribution in [0.5, 0.6) is 0 Å². The lowest BCUT2D eigenvalue weighted by molar-refractivity contribution is -0.182. The number of fused-ring (bicyclic) bond motifs is 1. The normalized spacial score (nSPS) is 35.3. The maximum absolute atomic E-state index is 15.5. The molecule has 2 aromatic carbocycles. The van der Waals surface area contributed by atoms with Gasteiger partial charge < -0.3 is 15.0 Å². The number of carbonyl (C=O) groups excluding carboxylic acids is 3. The van der Waals surface area contributed by atoms with Crippen LogP contribution in [-0.2, 0) is 34.0 Å². The molecule has 0 radical (unpaired) electrons. The molecule has 2 saturated heterocycles. The molecule has 3 amide bonds. The second-order valence-corrected chi connectivity index (χ2v) is 9.99. The molecule has 3 aliphatic heterocycles. The largest absolute Gasteiger partial charge is 0.381 e. The van der Waals surface area contributed by atoms with Crippen molar-refractivity contribution in [2.45, 2.75) is 77.2 Å². The first-order valence-electron chi connectivity index (χ1n) is 17.5. The summed E-state index contributed by atoms with van der Waals surface area (Å²) in [6.07, 6.45) is -6.16. The summed E-state index contributed by atoms with van der Waals surface area (Å²) in [6, 6.07) is 6.49. The van der Waals surface area contributed by atoms with E-state index in [0.29, 0.717) is 11.3 Å². The standard InChI is InChI=1S/C29H35FN4O4/c1-28(2)16-33(17-29(3,4)38-28)14-18-8-9-19(22(30)12-18)13-31-23-7-5-6-20-21(23)15-34(27(20)37)24-10-11-25(35)32-26(24)36/h5-9,12,24,31H,10-11,13-17H2,1-4H3,(H,32,35,36)/i1D3,10D2,11D2,16D2,17D2. The van der Waals surface area contributed by atoms with Crippen molar-refractivity contribution in [2.24, 2.45) is 0 Å². The van der Waals surface area contributed by atoms with Gasteiger partial charge in [-0.2, -0.15) is 0 Å². The second-order valence-electron chi connectivity index (χ2n) is 9.99. The molecule has 0 spiro atoms. The van der Waals surface area contributed by atoms with E-state index in [1.165, 1.54) is 38.1 Å². The van der Waals surface area contributed by atoms with Gasteiger partial charge in [-0.25, -0.2) is 4.39 Å². The molecule has 38 heavy (non-hydrogen) atoms. The first-order valence-corrected chi connectivity index (χ1v) is 12.0. The van der Waals surface area contributed by atoms with E-state index < -0.39 is 79.9 Å². The summed E-state index contributed by atoms with van der Waals surface area (Å²) in [5.41, 5.74) is -3.16. The topological polar surface area (TPSA) is 91.0 Å². The number of carbonyl (C=O) groups is 3. The van der Waals surface area contributed by atoms with Crippen LogP contribution in [0.4, 0.5) is 10.1 Å². The summed E-state index contributed by atoms with van der Waals surface area (Å²) >= 11 is 0. The third-order valence-electron chi connectivity index (χ3n) is 6.25. The number of anilines is 1. The average molecular weight is 534 g/mol. The zero-order valence-electron chi connectivity index (χ0n) is 32.1. The maximum atomic E-state index is 15.5. The maximum Gasteiger partial charge on any atom is 0.255 e. The van der Waals surface area contributed by atoms with Gasteiger partial charge in [-0.1, -0.05) is 18.2 Å². The number of nitrogens with one attached hydrogen (secondary N) is 2. The van der Waals surface area contributed by atoms with Crippen LogP contribution in [0.3, 0.4) is 0 Å². The van der Waals surface area contributed by atoms with Gasteiger partial charge >= 0.3 is 0 Å². The zero-order chi connectivity index (χ0) is 36.9. The molecule has 2 N–H and O–H groups in total. The van der Waals surface area contributed by atoms with Crippen molar-refractivity contribution in [1.82, 2.24) is 15.1 Å². The molecule has 3 aliphatic rings. The predicted octanol–water partition coefficient (Wildman–Crippen LogP) is 3.59. The Bertz CT molecular complexity index is 1740. The molecular formula is C29H35FN4O4. The minimum atomic E-state index is -3.11. The van der Waals surface area contributed by atoms with E-state index in [1.807, 2.05) is 0 Å². The van der Waals surface area contributed by atoms with Crippen molar-refractivity contribution >= 4 is 23.4 Å². The number of imide groups is 1. The SMILES string of the molecule is [2H]C([2H])([2H])C1(C)OC(C)(C)C([2H])([2H])N(Cc2ccc(CNc3cccc4c3CN(C3C(=O)NC(=O)C([2H])([2H])C3([2H])[2H])C4=O)c(F)c2)C1([2H])[2H]. The molecule has 2 fully saturated rings. The number of morpholine rings is 1. The molecule has 3 heterocycles. The summed E-state index contributed by atoms with van der Waals surface area (Å²) < 4.78 is 112. The first kappa shape index (κ1) is 16.0. The minimum Gasteiger partial charge on any atom is -0.381 e. The predicted molar refractivity (Wildman–Crippen MR) is 141 cm³/mol. The lowest BCUT2D eigenvalue weighted by Crippen LogP contribution is -2.56. The number of piperidine rings is 1. The second kappa shape index (κ2) is 9.78. The Morgan fingerprint density at radius 3 is 2.74 bits per heavy atom. The fourth-order valence-electron chi connectivity index (χ4n) is 4.81. The highest BCUT2D eigenvalue weighted by molar-refractivity contribution is 6.06. The monoisotopic (exact) mass is 533 g/mol. The van der Waals surface area contributed by atoms with Gasteiger partial charge in [-0.3, -0.25) is 24.6 Å². The van der Waals surface area contributed by atoms with Crippen molar-refractivity contribution in [3.05, 3.63) is 64.5 Å². The number of halogens is 1. The lowest BCUT2D eigenvalue weighted by atomic mass is 9.98. The van der Waals surface area contributed by atoms with Gasteiger partial charge in [0.2, 0.25) is 11.8 Å². The van der Waals surface area contributed by atoms with Crippen molar-refractivity contribution in [2.75, 3.05) is 18.3 Å². The number of nitrogens with zero attached hydrogens (tertiary/aromatic N) is 2. The summed E-state index contributed by atoms with van der Waals surface area (Å²) in [6.45, 7) is -5.61. The molecule has 2 aromatic rings. The van der Waals surface area contributed by atoms with Crippen molar-refractivity contribution in [1.29, 1.82) is 0 Å². The summed E-state index contributed by atoms with van der Waals surface area (Å²) in [5, 5.41) is 4.82. The number of ether oxygens (including phenoxy) is 1. The minimum absolute atomic E-state index is 0.0999. The van der Waals surface area contributed by atoms with Crippen LogP contribution >= 0.6 is 0 Å². The molecule has 0 aliphatic carbocycles. The Balaban J connectivity index is 1.36. The number of amides is 3. The van der Waals surface area contributed by atoms with Crippen molar-refractivity contribution in [3.63, 3.8) is 0 Å². The highest BCUT2D eigenvalue weighted by Gasteiger charge is 2.40. The summed E-state index contributed by atoms with van der Waals surface area (Å²) in [7, 11) is 0. The molecule has 5 rings (SSSR count). The van der Waals surface area contributed by atoms with Gasteiger partial charge in [0.15, 0.2) is 0 Å². The first-order chi connectivity index (χ1) is 22.2. The van der Waals surface area contributed by atoms with Gasteiger partial charge in [0.05, 0.1) is 11.2 Å². The van der Waals surface area contributed by atoms with Crippen LogP contribution in [0.1, 0.15) is 82.5 Å². The number of hydrogen-bond acceptors (Lipinski definition) is 6. The van der Waals surface area contributed by atoms with Gasteiger partial charge in [-0.05, 0) is 57.8 Å². The highest BCUT2D eigenvalue weighted by Crippen LogP contribution is 2.33. The number of hydrogen-bond donors (Lipinski definition) is 2. The summed E-state index contributed by atoms with van der Waals surface area (Å²) in [4.78, 5) is 39.6. The van der Waals surface area contributed by atoms with Crippen LogP contribution < -0.4 is 10.6 Å². The Morgan fingerprint density at radius 2 is 1.97 bits per heavy atom. The Morgan fingerprint density at radius 1 is 1.18 bits per heavy atom. The molecule has 2 atom stereocenters. The van der Waals surface area contributed by atoms with Crippen LogP contribution in [0.25, 0.3) is 0 Å². The summed E-state index contributed by atoms with van der Waals surface area (Å²) in [5.74, 6) is -4.11. The van der Waals surface area contributed by atoms with Gasteiger partial charge in [0.25, 0.3) is 5.91 Å². The van der Waals surface area contributed by atoms with Crippen LogP contribution in [0, 0.1) is 5.82 Å². The Kier molecular flexibility index (Phi) is 4.11. The van der Waals surface area contributed by atoms with E-state index in [2.05, 4.69) is 5.32 Å². The fraction of sp³-hybridized carbons (Fsp3) is 0.483. The Hall–Kier alpha value is -3.30. The van der Waals surface area contributed by atoms with Crippen molar-refractivity contribution < 1.29 is 38.6 Å². The van der Waals surface area contributed by atoms with E-state index in [-0.39, 0.29) is 29.8 Å². The third-order valence-corrected chi connectivity index (χ3v) is 6.25. The Labute approximate surface area is 238 Å². The van der Waals surface area contributed by atoms with E-state index in [1.54, 1.807) is 11.4 Å². The smallest absolute Gasteiger partial charge is 0.255 e. The number of rotatable bonds is 6. The molecule has 202 valence electrons. The van der Waals surface area contributed by atoms with Crippen LogP contribution in [0.2, 0.25) is 0 Å². The molecule has 9 heteroatoms. The highest BCUT2D eigenvalue weighted by atomic mass is 19.1. The lowest BCUT2D eigenvalue weighted by Gasteiger charge is -2.47. The zero-order valence-corrected chi connectivity index (χ0v) is 21.1. The van der Waals surface area contributed by atoms with Gasteiger partial charge in [0.1, 0.15) is 11.9 Å². The van der Waals surface area contributed by atoms with E-state index in [0.717, 1.165) is 22.8 Å². The van der Waals surface area contributed by atoms with Crippen molar-refractivity contribution in [3.8, 4) is 0 Å². The van der Waals surface area contributed by atoms with Crippen LogP contribution in [-0.4, -0.2) is 57.8 Å². The molecule has 0 saturated carbocycles. The molecule has 0 bridgehead atoms. The molecule has 0 aromatic heterocycles. The molecule has 8 nitrogen and oxygen atoms in total.